The minimum atomic E-state index is -0.275. The number of nitrogens with one attached hydrogen (secondary N) is 3. The summed E-state index contributed by atoms with van der Waals surface area (Å²) in [5, 5.41) is 9.72. The van der Waals surface area contributed by atoms with Crippen molar-refractivity contribution in [2.75, 3.05) is 5.32 Å². The fraction of sp³-hybridized carbons (Fsp3) is 0.158. The number of benzene rings is 2. The molecule has 1 aliphatic heterocycles. The van der Waals surface area contributed by atoms with Gasteiger partial charge in [-0.2, -0.15) is 0 Å². The van der Waals surface area contributed by atoms with Gasteiger partial charge in [-0.15, -0.1) is 0 Å². The minimum Gasteiger partial charge on any atom is -0.351 e. The number of para-hydroxylation sites is 1. The number of allylic oxidation sites excluding steroid dienone is 1. The summed E-state index contributed by atoms with van der Waals surface area (Å²) in [6, 6.07) is 17.2. The van der Waals surface area contributed by atoms with Crippen LogP contribution in [-0.2, 0) is 4.79 Å². The largest absolute Gasteiger partial charge is 0.351 e. The second kappa shape index (κ2) is 6.84. The fourth-order valence-electron chi connectivity index (χ4n) is 2.72. The topological polar surface area (TPSA) is 53.2 Å². The highest BCUT2D eigenvalue weighted by molar-refractivity contribution is 7.80. The predicted molar refractivity (Wildman–Crippen MR) is 101 cm³/mol. The van der Waals surface area contributed by atoms with Gasteiger partial charge in [0.25, 0.3) is 5.91 Å². The summed E-state index contributed by atoms with van der Waals surface area (Å²) in [4.78, 5) is 12.8. The summed E-state index contributed by atoms with van der Waals surface area (Å²) in [6.07, 6.45) is 0. The number of thiocarbonyl (C=S) groups is 1. The Kier molecular flexibility index (Phi) is 4.62. The molecule has 0 fully saturated rings. The van der Waals surface area contributed by atoms with Crippen LogP contribution in [0.25, 0.3) is 0 Å². The number of rotatable bonds is 3. The molecule has 122 valence electrons. The molecule has 0 bridgehead atoms. The van der Waals surface area contributed by atoms with E-state index >= 15 is 0 Å². The van der Waals surface area contributed by atoms with Crippen LogP contribution in [0.2, 0.25) is 0 Å². The van der Waals surface area contributed by atoms with Crippen LogP contribution in [0.3, 0.4) is 0 Å². The minimum absolute atomic E-state index is 0.147. The van der Waals surface area contributed by atoms with Gasteiger partial charge in [0.15, 0.2) is 5.11 Å². The normalized spacial score (nSPS) is 17.1. The predicted octanol–water partition coefficient (Wildman–Crippen LogP) is 3.43. The molecule has 3 rings (SSSR count). The number of hydrogen-bond acceptors (Lipinski definition) is 2. The second-order valence-electron chi connectivity index (χ2n) is 5.80. The maximum Gasteiger partial charge on any atom is 0.255 e. The summed E-state index contributed by atoms with van der Waals surface area (Å²) in [5.74, 6) is -0.147. The monoisotopic (exact) mass is 337 g/mol. The summed E-state index contributed by atoms with van der Waals surface area (Å²) in [5.41, 5.74) is 4.33. The highest BCUT2D eigenvalue weighted by Crippen LogP contribution is 2.28. The average Bonchev–Trinajstić information content (AvgIpc) is 2.55. The van der Waals surface area contributed by atoms with Gasteiger partial charge in [-0.1, -0.05) is 48.0 Å². The molecule has 0 saturated heterocycles. The van der Waals surface area contributed by atoms with Crippen molar-refractivity contribution in [1.82, 2.24) is 10.6 Å². The van der Waals surface area contributed by atoms with Gasteiger partial charge in [-0.3, -0.25) is 4.79 Å². The van der Waals surface area contributed by atoms with Gasteiger partial charge in [0.1, 0.15) is 0 Å². The number of amides is 1. The summed E-state index contributed by atoms with van der Waals surface area (Å²) in [6.45, 7) is 3.91. The van der Waals surface area contributed by atoms with Crippen LogP contribution in [0.1, 0.15) is 24.1 Å². The van der Waals surface area contributed by atoms with Crippen LogP contribution in [-0.4, -0.2) is 11.0 Å². The van der Waals surface area contributed by atoms with Crippen molar-refractivity contribution in [3.63, 3.8) is 0 Å². The molecule has 2 aromatic rings. The number of anilines is 1. The third-order valence-corrected chi connectivity index (χ3v) is 4.18. The molecule has 5 heteroatoms. The van der Waals surface area contributed by atoms with E-state index in [2.05, 4.69) is 16.0 Å². The number of aryl methyl sites for hydroxylation is 1. The van der Waals surface area contributed by atoms with Gasteiger partial charge in [-0.25, -0.2) is 0 Å². The van der Waals surface area contributed by atoms with Crippen molar-refractivity contribution in [2.24, 2.45) is 0 Å². The molecule has 2 aromatic carbocycles. The molecule has 0 saturated carbocycles. The highest BCUT2D eigenvalue weighted by Gasteiger charge is 2.29. The first-order valence-electron chi connectivity index (χ1n) is 7.76. The Balaban J connectivity index is 1.94. The summed E-state index contributed by atoms with van der Waals surface area (Å²) < 4.78 is 0. The van der Waals surface area contributed by atoms with Gasteiger partial charge in [0, 0.05) is 11.4 Å². The zero-order valence-corrected chi connectivity index (χ0v) is 14.4. The van der Waals surface area contributed by atoms with Gasteiger partial charge < -0.3 is 16.0 Å². The van der Waals surface area contributed by atoms with E-state index in [4.69, 9.17) is 12.2 Å². The van der Waals surface area contributed by atoms with Crippen molar-refractivity contribution < 1.29 is 4.79 Å². The van der Waals surface area contributed by atoms with Crippen LogP contribution in [0.5, 0.6) is 0 Å². The molecule has 0 aliphatic carbocycles. The molecule has 1 aliphatic rings. The molecule has 0 radical (unpaired) electrons. The molecule has 1 atom stereocenters. The van der Waals surface area contributed by atoms with Gasteiger partial charge in [-0.05, 0) is 43.8 Å². The van der Waals surface area contributed by atoms with E-state index in [0.29, 0.717) is 10.7 Å². The second-order valence-corrected chi connectivity index (χ2v) is 6.21. The average molecular weight is 337 g/mol. The van der Waals surface area contributed by atoms with Gasteiger partial charge >= 0.3 is 0 Å². The van der Waals surface area contributed by atoms with Crippen LogP contribution < -0.4 is 16.0 Å². The van der Waals surface area contributed by atoms with Crippen LogP contribution in [0.4, 0.5) is 5.69 Å². The Labute approximate surface area is 147 Å². The lowest BCUT2D eigenvalue weighted by atomic mass is 9.94. The van der Waals surface area contributed by atoms with Gasteiger partial charge in [0.05, 0.1) is 11.6 Å². The molecular weight excluding hydrogens is 318 g/mol. The number of carbonyl (C=O) groups excluding carboxylic acids is 1. The van der Waals surface area contributed by atoms with Crippen LogP contribution >= 0.6 is 12.2 Å². The Morgan fingerprint density at radius 1 is 1.04 bits per heavy atom. The lowest BCUT2D eigenvalue weighted by molar-refractivity contribution is -0.113. The third-order valence-electron chi connectivity index (χ3n) is 3.96. The maximum absolute atomic E-state index is 12.8. The number of carbonyl (C=O) groups is 1. The van der Waals surface area contributed by atoms with E-state index in [0.717, 1.165) is 16.9 Å². The SMILES string of the molecule is CC1=C(C(=O)Nc2ccccc2)[C@H](c2ccc(C)cc2)NC(=S)N1. The van der Waals surface area contributed by atoms with Gasteiger partial charge in [0.2, 0.25) is 0 Å². The molecule has 1 amide bonds. The zero-order chi connectivity index (χ0) is 17.1. The maximum atomic E-state index is 12.8. The van der Waals surface area contributed by atoms with Crippen molar-refractivity contribution in [3.05, 3.63) is 77.0 Å². The fourth-order valence-corrected chi connectivity index (χ4v) is 2.99. The molecular formula is C19H19N3OS. The van der Waals surface area contributed by atoms with E-state index in [1.54, 1.807) is 0 Å². The summed E-state index contributed by atoms with van der Waals surface area (Å²) in [7, 11) is 0. The first kappa shape index (κ1) is 16.2. The van der Waals surface area contributed by atoms with Crippen molar-refractivity contribution in [3.8, 4) is 0 Å². The van der Waals surface area contributed by atoms with E-state index in [1.807, 2.05) is 68.4 Å². The quantitative estimate of drug-likeness (QED) is 0.751. The Hall–Kier alpha value is -2.66. The van der Waals surface area contributed by atoms with Crippen LogP contribution in [0.15, 0.2) is 65.9 Å². The molecule has 4 nitrogen and oxygen atoms in total. The molecule has 1 heterocycles. The van der Waals surface area contributed by atoms with E-state index in [-0.39, 0.29) is 11.9 Å². The molecule has 3 N–H and O–H groups in total. The lowest BCUT2D eigenvalue weighted by Gasteiger charge is -2.30. The summed E-state index contributed by atoms with van der Waals surface area (Å²) >= 11 is 5.27. The zero-order valence-electron chi connectivity index (χ0n) is 13.6. The first-order valence-corrected chi connectivity index (χ1v) is 8.16. The van der Waals surface area contributed by atoms with E-state index in [9.17, 15) is 4.79 Å². The molecule has 0 aromatic heterocycles. The Morgan fingerprint density at radius 3 is 2.38 bits per heavy atom. The highest BCUT2D eigenvalue weighted by atomic mass is 32.1. The standard InChI is InChI=1S/C19H19N3OS/c1-12-8-10-14(11-9-12)17-16(13(2)20-19(24)22-17)18(23)21-15-6-4-3-5-7-15/h3-11,17H,1-2H3,(H,21,23)(H2,20,22,24)/t17-/m0/s1. The van der Waals surface area contributed by atoms with E-state index in [1.165, 1.54) is 5.56 Å². The lowest BCUT2D eigenvalue weighted by Crippen LogP contribution is -2.45. The third kappa shape index (κ3) is 3.46. The van der Waals surface area contributed by atoms with Crippen molar-refractivity contribution >= 4 is 28.9 Å². The smallest absolute Gasteiger partial charge is 0.255 e. The number of hydrogen-bond donors (Lipinski definition) is 3. The molecule has 0 unspecified atom stereocenters. The molecule has 0 spiro atoms. The van der Waals surface area contributed by atoms with Crippen molar-refractivity contribution in [1.29, 1.82) is 0 Å². The van der Waals surface area contributed by atoms with E-state index < -0.39 is 0 Å². The van der Waals surface area contributed by atoms with Crippen LogP contribution in [0, 0.1) is 6.92 Å². The Morgan fingerprint density at radius 2 is 1.71 bits per heavy atom. The Bertz CT molecular complexity index is 797. The molecule has 24 heavy (non-hydrogen) atoms. The first-order chi connectivity index (χ1) is 11.5. The van der Waals surface area contributed by atoms with Crippen molar-refractivity contribution in [2.45, 2.75) is 19.9 Å².